The molecule has 5 aromatic rings. The number of methoxy groups -OCH3 is 1. The van der Waals surface area contributed by atoms with E-state index in [1.165, 1.54) is 55.6 Å². The van der Waals surface area contributed by atoms with Crippen molar-refractivity contribution in [2.75, 3.05) is 7.11 Å². The van der Waals surface area contributed by atoms with Gasteiger partial charge in [-0.15, -0.1) is 0 Å². The number of fused-ring (bicyclic) bond motifs is 2. The second-order valence-corrected chi connectivity index (χ2v) is 16.4. The Bertz CT molecular complexity index is 1880. The van der Waals surface area contributed by atoms with Crippen molar-refractivity contribution in [1.29, 1.82) is 0 Å². The van der Waals surface area contributed by atoms with Gasteiger partial charge in [0, 0.05) is 63.5 Å². The zero-order valence-corrected chi connectivity index (χ0v) is 37.7. The number of aryl methyl sites for hydroxylation is 6. The number of rotatable bonds is 5. The highest BCUT2D eigenvalue weighted by atomic mass is 79.9. The van der Waals surface area contributed by atoms with Crippen molar-refractivity contribution in [2.45, 2.75) is 84.9 Å². The Balaban J connectivity index is 0.000000165. The van der Waals surface area contributed by atoms with Crippen LogP contribution in [0.25, 0.3) is 0 Å². The Morgan fingerprint density at radius 1 is 0.547 bits per heavy atom. The smallest absolute Gasteiger partial charge is 0.118 e. The fourth-order valence-electron chi connectivity index (χ4n) is 6.12. The van der Waals surface area contributed by atoms with E-state index in [1.807, 2.05) is 45.0 Å². The topological polar surface area (TPSA) is 24.5 Å². The molecule has 2 heterocycles. The third kappa shape index (κ3) is 12.5. The number of ether oxygens (including phenoxy) is 1. The molecule has 0 atom stereocenters. The second kappa shape index (κ2) is 20.7. The van der Waals surface area contributed by atoms with Gasteiger partial charge in [-0.05, 0) is 150 Å². The van der Waals surface area contributed by atoms with Gasteiger partial charge in [-0.2, -0.15) is 0 Å². The van der Waals surface area contributed by atoms with Crippen molar-refractivity contribution in [3.05, 3.63) is 165 Å². The number of nitrogens with one attached hydrogen (secondary N) is 1. The molecule has 0 fully saturated rings. The van der Waals surface area contributed by atoms with Crippen molar-refractivity contribution in [3.8, 4) is 5.75 Å². The molecular formula is C44H48Br2Cl4N2O. The van der Waals surface area contributed by atoms with Crippen LogP contribution in [-0.4, -0.2) is 12.0 Å². The van der Waals surface area contributed by atoms with Crippen molar-refractivity contribution in [1.82, 2.24) is 10.2 Å². The largest absolute Gasteiger partial charge is 0.497 e. The summed E-state index contributed by atoms with van der Waals surface area (Å²) in [6.07, 6.45) is 0. The molecule has 0 saturated carbocycles. The maximum absolute atomic E-state index is 6.20. The highest BCUT2D eigenvalue weighted by molar-refractivity contribution is 9.09. The Morgan fingerprint density at radius 2 is 0.981 bits per heavy atom. The molecule has 0 aromatic heterocycles. The molecule has 53 heavy (non-hydrogen) atoms. The molecule has 1 N–H and O–H groups in total. The minimum absolute atomic E-state index is 0.842. The van der Waals surface area contributed by atoms with E-state index < -0.39 is 0 Å². The molecule has 282 valence electrons. The van der Waals surface area contributed by atoms with Crippen LogP contribution in [0.5, 0.6) is 5.75 Å². The lowest BCUT2D eigenvalue weighted by Gasteiger charge is -2.14. The van der Waals surface area contributed by atoms with E-state index in [4.69, 9.17) is 51.1 Å². The first-order valence-electron chi connectivity index (χ1n) is 17.5. The van der Waals surface area contributed by atoms with Gasteiger partial charge in [0.1, 0.15) is 5.75 Å². The highest BCUT2D eigenvalue weighted by Gasteiger charge is 2.20. The summed E-state index contributed by atoms with van der Waals surface area (Å²) in [7, 11) is 1.69. The Labute approximate surface area is 353 Å². The van der Waals surface area contributed by atoms with Crippen LogP contribution in [-0.2, 0) is 43.4 Å². The van der Waals surface area contributed by atoms with Gasteiger partial charge in [0.15, 0.2) is 0 Å². The van der Waals surface area contributed by atoms with Crippen LogP contribution < -0.4 is 10.1 Å². The number of nitrogens with zero attached hydrogens (tertiary/aromatic N) is 1. The number of alkyl halides is 2. The van der Waals surface area contributed by atoms with Gasteiger partial charge in [0.25, 0.3) is 0 Å². The summed E-state index contributed by atoms with van der Waals surface area (Å²) in [5, 5.41) is 8.48. The van der Waals surface area contributed by atoms with Crippen molar-refractivity contribution in [3.63, 3.8) is 0 Å². The molecule has 0 aliphatic carbocycles. The summed E-state index contributed by atoms with van der Waals surface area (Å²) in [4.78, 5) is 2.43. The lowest BCUT2D eigenvalue weighted by molar-refractivity contribution is 0.275. The second-order valence-electron chi connectivity index (χ2n) is 13.7. The Kier molecular flexibility index (Phi) is 17.1. The molecule has 0 radical (unpaired) electrons. The van der Waals surface area contributed by atoms with E-state index in [9.17, 15) is 0 Å². The number of benzene rings is 5. The molecule has 5 aromatic carbocycles. The minimum atomic E-state index is 0.842. The van der Waals surface area contributed by atoms with Crippen molar-refractivity contribution in [2.24, 2.45) is 0 Å². The van der Waals surface area contributed by atoms with Gasteiger partial charge >= 0.3 is 0 Å². The van der Waals surface area contributed by atoms with Crippen LogP contribution >= 0.6 is 78.3 Å². The molecule has 0 spiro atoms. The lowest BCUT2D eigenvalue weighted by Crippen LogP contribution is -2.15. The minimum Gasteiger partial charge on any atom is -0.497 e. The molecule has 3 nitrogen and oxygen atoms in total. The zero-order valence-electron chi connectivity index (χ0n) is 31.5. The molecule has 0 bridgehead atoms. The number of hydrogen-bond donors (Lipinski definition) is 1. The van der Waals surface area contributed by atoms with Crippen LogP contribution in [0, 0.1) is 41.5 Å². The standard InChI is InChI=1S/C17H18ClNO.C9H9Br2Cl.C9H10ClN.C9H11Cl/c1-12-7-14-10-19(11-15(14)8-17(12)18)9-13-3-5-16(20-2)6-4-13;1-6-2-7(4-10)8(5-11)3-9(6)12;1-6-2-7-4-11-5-8(7)3-9(6)10;1-6-4-8(3)9(10)5-7(6)2/h3-8H,9-11H2,1-2H3;2-3H,4-5H2,1H3;2-3,11H,4-5H2,1H3;4-5H,1-3H3. The van der Waals surface area contributed by atoms with Crippen LogP contribution in [0.4, 0.5) is 0 Å². The molecule has 0 saturated heterocycles. The van der Waals surface area contributed by atoms with E-state index >= 15 is 0 Å². The average molecular weight is 923 g/mol. The van der Waals surface area contributed by atoms with Gasteiger partial charge in [-0.3, -0.25) is 4.90 Å². The van der Waals surface area contributed by atoms with E-state index in [0.29, 0.717) is 0 Å². The van der Waals surface area contributed by atoms with E-state index in [1.54, 1.807) is 7.11 Å². The summed E-state index contributed by atoms with van der Waals surface area (Å²) in [5.41, 5.74) is 16.6. The molecule has 7 rings (SSSR count). The fourth-order valence-corrected chi connectivity index (χ4v) is 7.94. The first kappa shape index (κ1) is 43.7. The maximum Gasteiger partial charge on any atom is 0.118 e. The van der Waals surface area contributed by atoms with Gasteiger partial charge in [-0.1, -0.05) is 115 Å². The normalized spacial score (nSPS) is 12.8. The van der Waals surface area contributed by atoms with Crippen LogP contribution in [0.1, 0.15) is 72.3 Å². The summed E-state index contributed by atoms with van der Waals surface area (Å²) < 4.78 is 5.19. The molecule has 0 unspecified atom stereocenters. The van der Waals surface area contributed by atoms with Crippen molar-refractivity contribution < 1.29 is 4.74 Å². The summed E-state index contributed by atoms with van der Waals surface area (Å²) in [6, 6.07) is 25.1. The first-order chi connectivity index (χ1) is 25.2. The Hall–Kier alpha value is -2.06. The number of halogens is 6. The Morgan fingerprint density at radius 3 is 1.55 bits per heavy atom. The predicted octanol–water partition coefficient (Wildman–Crippen LogP) is 14.1. The maximum atomic E-state index is 6.20. The highest BCUT2D eigenvalue weighted by Crippen LogP contribution is 2.30. The quantitative estimate of drug-likeness (QED) is 0.178. The summed E-state index contributed by atoms with van der Waals surface area (Å²) in [6.45, 7) is 17.2. The fraction of sp³-hybridized carbons (Fsp3) is 0.318. The van der Waals surface area contributed by atoms with E-state index in [2.05, 4.69) is 111 Å². The molecule has 0 amide bonds. The molecular weight excluding hydrogens is 874 g/mol. The SMILES string of the molecule is COc1ccc(CN2Cc3cc(C)c(Cl)cc3C2)cc1.Cc1cc(C)c(Cl)cc1C.Cc1cc(CBr)c(CBr)cc1Cl.Cc1cc2c(cc1Cl)CNC2. The average Bonchev–Trinajstić information content (AvgIpc) is 3.75. The van der Waals surface area contributed by atoms with Crippen LogP contribution in [0.3, 0.4) is 0 Å². The first-order valence-corrected chi connectivity index (χ1v) is 21.2. The third-order valence-corrected chi connectivity index (χ3v) is 12.3. The molecule has 2 aliphatic rings. The predicted molar refractivity (Wildman–Crippen MR) is 236 cm³/mol. The van der Waals surface area contributed by atoms with Gasteiger partial charge in [-0.25, -0.2) is 0 Å². The molecule has 2 aliphatic heterocycles. The van der Waals surface area contributed by atoms with Gasteiger partial charge in [0.2, 0.25) is 0 Å². The van der Waals surface area contributed by atoms with Crippen molar-refractivity contribution >= 4 is 78.3 Å². The van der Waals surface area contributed by atoms with Gasteiger partial charge < -0.3 is 10.1 Å². The third-order valence-electron chi connectivity index (χ3n) is 9.49. The summed E-state index contributed by atoms with van der Waals surface area (Å²) in [5.74, 6) is 0.904. The lowest BCUT2D eigenvalue weighted by atomic mass is 10.1. The summed E-state index contributed by atoms with van der Waals surface area (Å²) >= 11 is 30.9. The van der Waals surface area contributed by atoms with E-state index in [0.717, 1.165) is 85.9 Å². The van der Waals surface area contributed by atoms with Gasteiger partial charge in [0.05, 0.1) is 7.11 Å². The number of hydrogen-bond acceptors (Lipinski definition) is 3. The van der Waals surface area contributed by atoms with Crippen LogP contribution in [0.15, 0.2) is 72.8 Å². The molecule has 9 heteroatoms. The zero-order chi connectivity index (χ0) is 38.8. The van der Waals surface area contributed by atoms with Crippen LogP contribution in [0.2, 0.25) is 20.1 Å². The van der Waals surface area contributed by atoms with E-state index in [-0.39, 0.29) is 0 Å². The monoisotopic (exact) mass is 918 g/mol.